The number of anilines is 2. The summed E-state index contributed by atoms with van der Waals surface area (Å²) in [6, 6.07) is 18.1. The highest BCUT2D eigenvalue weighted by atomic mass is 32.1. The maximum Gasteiger partial charge on any atom is 0.443 e. The second-order valence-corrected chi connectivity index (χ2v) is 7.49. The molecule has 6 nitrogen and oxygen atoms in total. The number of nitrogens with two attached hydrogens (primary N) is 1. The zero-order chi connectivity index (χ0) is 22.7. The standard InChI is InChI=1S/C22H15F3N4O2S/c23-22(24,25)21-29-18(13-6-2-1-3-7-13)20(32-21)31-14-10-11-27-17(12-14)28-16-9-5-4-8-15(16)19(26)30/h1-12H,(H2,26,30)(H,27,28). The summed E-state index contributed by atoms with van der Waals surface area (Å²) in [7, 11) is 0. The van der Waals surface area contributed by atoms with E-state index in [9.17, 15) is 18.0 Å². The average molecular weight is 456 g/mol. The maximum atomic E-state index is 13.3. The van der Waals surface area contributed by atoms with Crippen LogP contribution in [0.15, 0.2) is 72.9 Å². The molecular formula is C22H15F3N4O2S. The molecule has 4 aromatic rings. The highest BCUT2D eigenvalue weighted by molar-refractivity contribution is 7.14. The number of benzene rings is 2. The lowest BCUT2D eigenvalue weighted by Gasteiger charge is -2.11. The summed E-state index contributed by atoms with van der Waals surface area (Å²) in [5.74, 6) is -0.0519. The predicted octanol–water partition coefficient (Wildman–Crippen LogP) is 5.86. The molecule has 0 aliphatic heterocycles. The summed E-state index contributed by atoms with van der Waals surface area (Å²) in [6.07, 6.45) is -3.17. The summed E-state index contributed by atoms with van der Waals surface area (Å²) in [5, 5.41) is 1.96. The minimum absolute atomic E-state index is 0.00166. The number of pyridine rings is 1. The number of carbonyl (C=O) groups excluding carboxylic acids is 1. The molecule has 0 saturated carbocycles. The lowest BCUT2D eigenvalue weighted by atomic mass is 10.1. The molecule has 10 heteroatoms. The largest absolute Gasteiger partial charge is 0.444 e. The molecule has 0 aliphatic rings. The smallest absolute Gasteiger partial charge is 0.443 e. The van der Waals surface area contributed by atoms with Crippen LogP contribution in [0.25, 0.3) is 11.3 Å². The molecular weight excluding hydrogens is 441 g/mol. The quantitative estimate of drug-likeness (QED) is 0.379. The Labute approximate surface area is 184 Å². The number of aromatic nitrogens is 2. The van der Waals surface area contributed by atoms with Crippen molar-refractivity contribution in [1.29, 1.82) is 0 Å². The van der Waals surface area contributed by atoms with E-state index in [0.717, 1.165) is 0 Å². The van der Waals surface area contributed by atoms with Crippen molar-refractivity contribution in [2.45, 2.75) is 6.18 Å². The van der Waals surface area contributed by atoms with Crippen LogP contribution < -0.4 is 15.8 Å². The molecule has 0 aliphatic carbocycles. The number of hydrogen-bond donors (Lipinski definition) is 2. The first kappa shape index (κ1) is 21.3. The van der Waals surface area contributed by atoms with Crippen molar-refractivity contribution >= 4 is 28.7 Å². The van der Waals surface area contributed by atoms with Gasteiger partial charge < -0.3 is 15.8 Å². The van der Waals surface area contributed by atoms with Crippen molar-refractivity contribution in [3.8, 4) is 22.1 Å². The van der Waals surface area contributed by atoms with Crippen LogP contribution in [0.3, 0.4) is 0 Å². The maximum absolute atomic E-state index is 13.3. The normalized spacial score (nSPS) is 11.2. The van der Waals surface area contributed by atoms with Crippen molar-refractivity contribution in [2.24, 2.45) is 5.73 Å². The zero-order valence-electron chi connectivity index (χ0n) is 16.3. The Morgan fingerprint density at radius 2 is 1.75 bits per heavy atom. The fourth-order valence-corrected chi connectivity index (χ4v) is 3.70. The number of nitrogens with one attached hydrogen (secondary N) is 1. The van der Waals surface area contributed by atoms with E-state index in [2.05, 4.69) is 15.3 Å². The summed E-state index contributed by atoms with van der Waals surface area (Å²) in [4.78, 5) is 19.5. The molecule has 32 heavy (non-hydrogen) atoms. The first-order valence-corrected chi connectivity index (χ1v) is 10.1. The zero-order valence-corrected chi connectivity index (χ0v) is 17.1. The number of ether oxygens (including phenoxy) is 1. The number of alkyl halides is 3. The monoisotopic (exact) mass is 456 g/mol. The lowest BCUT2D eigenvalue weighted by molar-refractivity contribution is -0.137. The molecule has 4 rings (SSSR count). The number of hydrogen-bond acceptors (Lipinski definition) is 6. The van der Waals surface area contributed by atoms with E-state index >= 15 is 0 Å². The van der Waals surface area contributed by atoms with Gasteiger partial charge in [0.25, 0.3) is 5.91 Å². The average Bonchev–Trinajstić information content (AvgIpc) is 3.19. The first-order chi connectivity index (χ1) is 15.3. The molecule has 0 radical (unpaired) electrons. The predicted molar refractivity (Wildman–Crippen MR) is 115 cm³/mol. The fraction of sp³-hybridized carbons (Fsp3) is 0.0455. The third-order valence-electron chi connectivity index (χ3n) is 4.28. The highest BCUT2D eigenvalue weighted by Crippen LogP contribution is 2.44. The van der Waals surface area contributed by atoms with Crippen molar-refractivity contribution in [3.63, 3.8) is 0 Å². The van der Waals surface area contributed by atoms with E-state index in [1.807, 2.05) is 0 Å². The van der Waals surface area contributed by atoms with E-state index in [0.29, 0.717) is 28.4 Å². The van der Waals surface area contributed by atoms with Gasteiger partial charge in [-0.05, 0) is 18.2 Å². The van der Waals surface area contributed by atoms with Crippen LogP contribution >= 0.6 is 11.3 Å². The number of thiazole rings is 1. The number of rotatable bonds is 6. The molecule has 1 amide bonds. The number of amides is 1. The van der Waals surface area contributed by atoms with Gasteiger partial charge in [0.05, 0.1) is 11.3 Å². The topological polar surface area (TPSA) is 90.1 Å². The Kier molecular flexibility index (Phi) is 5.78. The Morgan fingerprint density at radius 3 is 2.47 bits per heavy atom. The van der Waals surface area contributed by atoms with Gasteiger partial charge in [-0.2, -0.15) is 13.2 Å². The Hall–Kier alpha value is -3.92. The van der Waals surface area contributed by atoms with Gasteiger partial charge in [-0.3, -0.25) is 4.79 Å². The second-order valence-electron chi connectivity index (χ2n) is 6.53. The minimum atomic E-state index is -4.60. The Balaban J connectivity index is 1.66. The molecule has 0 bridgehead atoms. The van der Waals surface area contributed by atoms with E-state index in [-0.39, 0.29) is 22.1 Å². The van der Waals surface area contributed by atoms with Gasteiger partial charge in [0.1, 0.15) is 17.3 Å². The molecule has 162 valence electrons. The van der Waals surface area contributed by atoms with E-state index in [1.165, 1.54) is 18.3 Å². The van der Waals surface area contributed by atoms with E-state index in [4.69, 9.17) is 10.5 Å². The number of primary amides is 1. The minimum Gasteiger partial charge on any atom is -0.444 e. The van der Waals surface area contributed by atoms with Crippen LogP contribution in [0.2, 0.25) is 0 Å². The van der Waals surface area contributed by atoms with Crippen LogP contribution in [0.4, 0.5) is 24.7 Å². The van der Waals surface area contributed by atoms with Crippen LogP contribution in [-0.4, -0.2) is 15.9 Å². The van der Waals surface area contributed by atoms with Gasteiger partial charge in [-0.1, -0.05) is 53.8 Å². The molecule has 2 heterocycles. The number of halogens is 3. The van der Waals surface area contributed by atoms with Gasteiger partial charge in [0.2, 0.25) is 10.1 Å². The van der Waals surface area contributed by atoms with Crippen LogP contribution in [0.5, 0.6) is 10.8 Å². The fourth-order valence-electron chi connectivity index (χ4n) is 2.87. The number of para-hydroxylation sites is 1. The molecule has 0 spiro atoms. The van der Waals surface area contributed by atoms with Gasteiger partial charge in [-0.15, -0.1) is 0 Å². The van der Waals surface area contributed by atoms with E-state index < -0.39 is 17.1 Å². The molecule has 2 aromatic heterocycles. The number of carbonyl (C=O) groups is 1. The molecule has 0 unspecified atom stereocenters. The van der Waals surface area contributed by atoms with Gasteiger partial charge in [0, 0.05) is 17.8 Å². The molecule has 0 fully saturated rings. The van der Waals surface area contributed by atoms with Crippen LogP contribution in [0.1, 0.15) is 15.4 Å². The van der Waals surface area contributed by atoms with Gasteiger partial charge >= 0.3 is 6.18 Å². The molecule has 0 saturated heterocycles. The third-order valence-corrected chi connectivity index (χ3v) is 5.26. The van der Waals surface area contributed by atoms with E-state index in [1.54, 1.807) is 54.6 Å². The number of nitrogens with zero attached hydrogens (tertiary/aromatic N) is 2. The second kappa shape index (κ2) is 8.67. The SMILES string of the molecule is NC(=O)c1ccccc1Nc1cc(Oc2sc(C(F)(F)F)nc2-c2ccccc2)ccn1. The van der Waals surface area contributed by atoms with Crippen molar-refractivity contribution in [1.82, 2.24) is 9.97 Å². The first-order valence-electron chi connectivity index (χ1n) is 9.24. The third kappa shape index (κ3) is 4.70. The molecule has 2 aromatic carbocycles. The van der Waals surface area contributed by atoms with Crippen LogP contribution in [-0.2, 0) is 6.18 Å². The summed E-state index contributed by atoms with van der Waals surface area (Å²) in [5.41, 5.74) is 6.68. The van der Waals surface area contributed by atoms with Crippen molar-refractivity contribution in [2.75, 3.05) is 5.32 Å². The van der Waals surface area contributed by atoms with Crippen molar-refractivity contribution in [3.05, 3.63) is 83.5 Å². The Morgan fingerprint density at radius 1 is 1.03 bits per heavy atom. The Bertz CT molecular complexity index is 1260. The molecule has 0 atom stereocenters. The van der Waals surface area contributed by atoms with Crippen molar-refractivity contribution < 1.29 is 22.7 Å². The van der Waals surface area contributed by atoms with Gasteiger partial charge in [-0.25, -0.2) is 9.97 Å². The summed E-state index contributed by atoms with van der Waals surface area (Å²) < 4.78 is 45.6. The highest BCUT2D eigenvalue weighted by Gasteiger charge is 2.37. The summed E-state index contributed by atoms with van der Waals surface area (Å²) >= 11 is 0.412. The van der Waals surface area contributed by atoms with Crippen LogP contribution in [0, 0.1) is 0 Å². The van der Waals surface area contributed by atoms with Gasteiger partial charge in [0.15, 0.2) is 0 Å². The molecule has 3 N–H and O–H groups in total. The summed E-state index contributed by atoms with van der Waals surface area (Å²) in [6.45, 7) is 0. The lowest BCUT2D eigenvalue weighted by Crippen LogP contribution is -2.13.